The molecule has 0 fully saturated rings. The van der Waals surface area contributed by atoms with E-state index < -0.39 is 10.0 Å². The van der Waals surface area contributed by atoms with Gasteiger partial charge in [-0.2, -0.15) is 0 Å². The molecular weight excluding hydrogens is 364 g/mol. The average molecular weight is 384 g/mol. The van der Waals surface area contributed by atoms with E-state index in [1.807, 2.05) is 24.3 Å². The molecule has 0 amide bonds. The number of rotatable bonds is 7. The Morgan fingerprint density at radius 3 is 2.07 bits per heavy atom. The zero-order valence-corrected chi connectivity index (χ0v) is 15.8. The van der Waals surface area contributed by atoms with Crippen LogP contribution in [-0.4, -0.2) is 25.7 Å². The smallest absolute Gasteiger partial charge is 0.263 e. The molecule has 0 bridgehead atoms. The molecular formula is C19H20N4O3S. The van der Waals surface area contributed by atoms with E-state index in [4.69, 9.17) is 4.74 Å². The van der Waals surface area contributed by atoms with E-state index in [0.717, 1.165) is 12.1 Å². The van der Waals surface area contributed by atoms with E-state index in [-0.39, 0.29) is 10.7 Å². The minimum Gasteiger partial charge on any atom is -0.497 e. The van der Waals surface area contributed by atoms with E-state index in [1.165, 1.54) is 24.8 Å². The van der Waals surface area contributed by atoms with Crippen LogP contribution in [-0.2, 0) is 16.4 Å². The summed E-state index contributed by atoms with van der Waals surface area (Å²) in [6.07, 6.45) is 0.975. The van der Waals surface area contributed by atoms with E-state index in [2.05, 4.69) is 27.2 Å². The van der Waals surface area contributed by atoms with Crippen LogP contribution in [0.3, 0.4) is 0 Å². The highest BCUT2D eigenvalue weighted by Gasteiger charge is 2.15. The van der Waals surface area contributed by atoms with Gasteiger partial charge in [0, 0.05) is 5.69 Å². The lowest BCUT2D eigenvalue weighted by Gasteiger charge is -2.09. The van der Waals surface area contributed by atoms with Crippen molar-refractivity contribution in [2.24, 2.45) is 0 Å². The standard InChI is InChI=1S/C19H20N4O3S/c1-3-14-4-6-15(7-5-14)20-18-12-13-19(22-21-18)23-27(24,25)17-10-8-16(26-2)9-11-17/h4-13H,3H2,1-2H3,(H,20,21)(H,22,23). The number of benzene rings is 2. The first kappa shape index (κ1) is 18.7. The third-order valence-electron chi connectivity index (χ3n) is 3.91. The molecule has 140 valence electrons. The van der Waals surface area contributed by atoms with Crippen LogP contribution in [0.15, 0.2) is 65.6 Å². The number of ether oxygens (including phenoxy) is 1. The van der Waals surface area contributed by atoms with Gasteiger partial charge in [-0.25, -0.2) is 8.42 Å². The summed E-state index contributed by atoms with van der Waals surface area (Å²) in [5.74, 6) is 1.24. The number of nitrogens with one attached hydrogen (secondary N) is 2. The van der Waals surface area contributed by atoms with Crippen molar-refractivity contribution >= 4 is 27.3 Å². The van der Waals surface area contributed by atoms with E-state index >= 15 is 0 Å². The summed E-state index contributed by atoms with van der Waals surface area (Å²) < 4.78 is 32.2. The van der Waals surface area contributed by atoms with Crippen molar-refractivity contribution in [3.63, 3.8) is 0 Å². The van der Waals surface area contributed by atoms with Crippen LogP contribution in [0, 0.1) is 0 Å². The average Bonchev–Trinajstić information content (AvgIpc) is 2.70. The third kappa shape index (κ3) is 4.73. The van der Waals surface area contributed by atoms with Gasteiger partial charge in [0.25, 0.3) is 10.0 Å². The monoisotopic (exact) mass is 384 g/mol. The number of nitrogens with zero attached hydrogens (tertiary/aromatic N) is 2. The summed E-state index contributed by atoms with van der Waals surface area (Å²) in [7, 11) is -2.23. The molecule has 0 saturated heterocycles. The Bertz CT molecular complexity index is 987. The highest BCUT2D eigenvalue weighted by molar-refractivity contribution is 7.92. The minimum absolute atomic E-state index is 0.114. The number of sulfonamides is 1. The summed E-state index contributed by atoms with van der Waals surface area (Å²) in [4.78, 5) is 0.114. The molecule has 0 spiro atoms. The summed E-state index contributed by atoms with van der Waals surface area (Å²) in [6, 6.07) is 17.3. The van der Waals surface area contributed by atoms with Gasteiger partial charge in [-0.1, -0.05) is 19.1 Å². The molecule has 0 unspecified atom stereocenters. The van der Waals surface area contributed by atoms with Crippen LogP contribution in [0.5, 0.6) is 5.75 Å². The topological polar surface area (TPSA) is 93.2 Å². The molecule has 2 aromatic carbocycles. The van der Waals surface area contributed by atoms with Crippen molar-refractivity contribution in [1.82, 2.24) is 10.2 Å². The Morgan fingerprint density at radius 2 is 1.52 bits per heavy atom. The normalized spacial score (nSPS) is 11.0. The Kier molecular flexibility index (Phi) is 5.56. The summed E-state index contributed by atoms with van der Waals surface area (Å²) in [5, 5.41) is 11.1. The van der Waals surface area contributed by atoms with E-state index in [1.54, 1.807) is 24.3 Å². The maximum absolute atomic E-state index is 12.4. The Balaban J connectivity index is 1.68. The van der Waals surface area contributed by atoms with Gasteiger partial charge in [0.1, 0.15) is 5.75 Å². The number of aryl methyl sites for hydroxylation is 1. The van der Waals surface area contributed by atoms with Gasteiger partial charge in [-0.05, 0) is 60.5 Å². The molecule has 1 aromatic heterocycles. The lowest BCUT2D eigenvalue weighted by Crippen LogP contribution is -2.14. The van der Waals surface area contributed by atoms with Crippen molar-refractivity contribution < 1.29 is 13.2 Å². The van der Waals surface area contributed by atoms with Gasteiger partial charge >= 0.3 is 0 Å². The summed E-state index contributed by atoms with van der Waals surface area (Å²) >= 11 is 0. The van der Waals surface area contributed by atoms with Gasteiger partial charge in [0.15, 0.2) is 11.6 Å². The maximum Gasteiger partial charge on any atom is 0.263 e. The molecule has 2 N–H and O–H groups in total. The zero-order valence-electron chi connectivity index (χ0n) is 15.0. The van der Waals surface area contributed by atoms with E-state index in [0.29, 0.717) is 11.6 Å². The van der Waals surface area contributed by atoms with Gasteiger partial charge in [-0.15, -0.1) is 10.2 Å². The van der Waals surface area contributed by atoms with Gasteiger partial charge < -0.3 is 10.1 Å². The maximum atomic E-state index is 12.4. The summed E-state index contributed by atoms with van der Waals surface area (Å²) in [6.45, 7) is 2.10. The highest BCUT2D eigenvalue weighted by atomic mass is 32.2. The number of anilines is 3. The summed E-state index contributed by atoms with van der Waals surface area (Å²) in [5.41, 5.74) is 2.13. The molecule has 0 aliphatic heterocycles. The number of aromatic nitrogens is 2. The van der Waals surface area contributed by atoms with Crippen molar-refractivity contribution in [1.29, 1.82) is 0 Å². The van der Waals surface area contributed by atoms with Crippen LogP contribution in [0.1, 0.15) is 12.5 Å². The number of hydrogen-bond acceptors (Lipinski definition) is 6. The molecule has 7 nitrogen and oxygen atoms in total. The van der Waals surface area contributed by atoms with Gasteiger partial charge in [-0.3, -0.25) is 4.72 Å². The van der Waals surface area contributed by atoms with Crippen LogP contribution in [0.25, 0.3) is 0 Å². The second-order valence-corrected chi connectivity index (χ2v) is 7.44. The largest absolute Gasteiger partial charge is 0.497 e. The second-order valence-electron chi connectivity index (χ2n) is 5.76. The SMILES string of the molecule is CCc1ccc(Nc2ccc(NS(=O)(=O)c3ccc(OC)cc3)nn2)cc1. The molecule has 3 rings (SSSR count). The third-order valence-corrected chi connectivity index (χ3v) is 5.28. The molecule has 3 aromatic rings. The molecule has 1 heterocycles. The lowest BCUT2D eigenvalue weighted by atomic mass is 10.1. The molecule has 0 aliphatic carbocycles. The van der Waals surface area contributed by atoms with Crippen LogP contribution in [0.2, 0.25) is 0 Å². The molecule has 8 heteroatoms. The Labute approximate surface area is 158 Å². The first-order valence-corrected chi connectivity index (χ1v) is 9.85. The minimum atomic E-state index is -3.75. The molecule has 0 saturated carbocycles. The quantitative estimate of drug-likeness (QED) is 0.647. The molecule has 0 atom stereocenters. The predicted octanol–water partition coefficient (Wildman–Crippen LogP) is 3.59. The first-order valence-electron chi connectivity index (χ1n) is 8.37. The number of hydrogen-bond donors (Lipinski definition) is 2. The van der Waals surface area contributed by atoms with Crippen molar-refractivity contribution in [3.05, 3.63) is 66.2 Å². The van der Waals surface area contributed by atoms with Crippen LogP contribution < -0.4 is 14.8 Å². The van der Waals surface area contributed by atoms with Gasteiger partial charge in [0.2, 0.25) is 0 Å². The Hall–Kier alpha value is -3.13. The first-order chi connectivity index (χ1) is 13.0. The predicted molar refractivity (Wildman–Crippen MR) is 105 cm³/mol. The van der Waals surface area contributed by atoms with Crippen LogP contribution in [0.4, 0.5) is 17.3 Å². The highest BCUT2D eigenvalue weighted by Crippen LogP contribution is 2.19. The molecule has 0 aliphatic rings. The van der Waals surface area contributed by atoms with E-state index in [9.17, 15) is 8.42 Å². The molecule has 0 radical (unpaired) electrons. The van der Waals surface area contributed by atoms with Crippen molar-refractivity contribution in [2.75, 3.05) is 17.1 Å². The lowest BCUT2D eigenvalue weighted by molar-refractivity contribution is 0.414. The zero-order chi connectivity index (χ0) is 19.3. The fraction of sp³-hybridized carbons (Fsp3) is 0.158. The second kappa shape index (κ2) is 8.05. The van der Waals surface area contributed by atoms with Crippen molar-refractivity contribution in [3.8, 4) is 5.75 Å². The van der Waals surface area contributed by atoms with Crippen molar-refractivity contribution in [2.45, 2.75) is 18.2 Å². The fourth-order valence-electron chi connectivity index (χ4n) is 2.38. The van der Waals surface area contributed by atoms with Gasteiger partial charge in [0.05, 0.1) is 12.0 Å². The van der Waals surface area contributed by atoms with Crippen LogP contribution >= 0.6 is 0 Å². The fourth-order valence-corrected chi connectivity index (χ4v) is 3.37. The Morgan fingerprint density at radius 1 is 0.889 bits per heavy atom. The number of methoxy groups -OCH3 is 1. The molecule has 27 heavy (non-hydrogen) atoms.